The van der Waals surface area contributed by atoms with Crippen LogP contribution in [0.4, 0.5) is 10.1 Å². The van der Waals surface area contributed by atoms with Crippen LogP contribution in [0, 0.1) is 19.7 Å². The van der Waals surface area contributed by atoms with E-state index < -0.39 is 34.3 Å². The van der Waals surface area contributed by atoms with Gasteiger partial charge in [0.05, 0.1) is 10.6 Å². The van der Waals surface area contributed by atoms with E-state index in [0.29, 0.717) is 29.1 Å². The number of rotatable bonds is 11. The average molecular weight is 574 g/mol. The van der Waals surface area contributed by atoms with E-state index in [9.17, 15) is 22.4 Å². The summed E-state index contributed by atoms with van der Waals surface area (Å²) >= 11 is 6.33. The van der Waals surface area contributed by atoms with Crippen LogP contribution < -0.4 is 9.62 Å². The van der Waals surface area contributed by atoms with E-state index in [4.69, 9.17) is 11.6 Å². The van der Waals surface area contributed by atoms with Crippen molar-refractivity contribution >= 4 is 39.1 Å². The molecule has 10 heteroatoms. The third kappa shape index (κ3) is 7.36. The first-order valence-electron chi connectivity index (χ1n) is 12.6. The number of aryl methyl sites for hydroxylation is 1. The van der Waals surface area contributed by atoms with E-state index in [2.05, 4.69) is 5.32 Å². The Bertz CT molecular complexity index is 1410. The maximum atomic E-state index is 13.9. The molecule has 0 fully saturated rings. The van der Waals surface area contributed by atoms with Crippen molar-refractivity contribution in [2.75, 3.05) is 17.4 Å². The highest BCUT2D eigenvalue weighted by atomic mass is 35.5. The third-order valence-electron chi connectivity index (χ3n) is 6.38. The number of carbonyl (C=O) groups excluding carboxylic acids is 2. The highest BCUT2D eigenvalue weighted by Crippen LogP contribution is 2.31. The lowest BCUT2D eigenvalue weighted by atomic mass is 10.1. The summed E-state index contributed by atoms with van der Waals surface area (Å²) in [6.07, 6.45) is 0.709. The second kappa shape index (κ2) is 13.1. The number of hydrogen-bond donors (Lipinski definition) is 1. The van der Waals surface area contributed by atoms with Gasteiger partial charge in [0, 0.05) is 18.1 Å². The first kappa shape index (κ1) is 30.1. The van der Waals surface area contributed by atoms with E-state index >= 15 is 0 Å². The monoisotopic (exact) mass is 573 g/mol. The van der Waals surface area contributed by atoms with Crippen molar-refractivity contribution in [1.82, 2.24) is 10.2 Å². The molecule has 0 aliphatic heterocycles. The summed E-state index contributed by atoms with van der Waals surface area (Å²) in [6, 6.07) is 15.8. The topological polar surface area (TPSA) is 86.8 Å². The van der Waals surface area contributed by atoms with Crippen molar-refractivity contribution in [2.45, 2.75) is 51.6 Å². The van der Waals surface area contributed by atoms with E-state index in [1.54, 1.807) is 44.2 Å². The zero-order valence-corrected chi connectivity index (χ0v) is 24.0. The van der Waals surface area contributed by atoms with Crippen LogP contribution in [0.1, 0.15) is 37.0 Å². The zero-order chi connectivity index (χ0) is 28.7. The van der Waals surface area contributed by atoms with Crippen LogP contribution in [0.5, 0.6) is 0 Å². The molecule has 0 saturated carbocycles. The zero-order valence-electron chi connectivity index (χ0n) is 22.4. The van der Waals surface area contributed by atoms with Gasteiger partial charge in [-0.05, 0) is 74.7 Å². The number of sulfonamides is 1. The number of hydrogen-bond acceptors (Lipinski definition) is 4. The number of nitrogens with one attached hydrogen (secondary N) is 1. The molecule has 0 aliphatic carbocycles. The Kier molecular flexibility index (Phi) is 10.1. The molecule has 208 valence electrons. The predicted octanol–water partition coefficient (Wildman–Crippen LogP) is 5.23. The van der Waals surface area contributed by atoms with Gasteiger partial charge in [0.2, 0.25) is 11.8 Å². The minimum atomic E-state index is -4.20. The number of carbonyl (C=O) groups is 2. The maximum Gasteiger partial charge on any atom is 0.264 e. The van der Waals surface area contributed by atoms with E-state index in [0.717, 1.165) is 9.87 Å². The summed E-state index contributed by atoms with van der Waals surface area (Å²) in [5.74, 6) is -1.41. The van der Waals surface area contributed by atoms with Crippen LogP contribution in [0.15, 0.2) is 71.6 Å². The number of halogens is 2. The van der Waals surface area contributed by atoms with Crippen LogP contribution in [-0.2, 0) is 26.2 Å². The van der Waals surface area contributed by atoms with Gasteiger partial charge in [0.15, 0.2) is 0 Å². The van der Waals surface area contributed by atoms with Gasteiger partial charge >= 0.3 is 0 Å². The molecule has 7 nitrogen and oxygen atoms in total. The van der Waals surface area contributed by atoms with Crippen molar-refractivity contribution in [3.05, 3.63) is 94.3 Å². The Morgan fingerprint density at radius 3 is 2.26 bits per heavy atom. The molecule has 0 aromatic heterocycles. The molecule has 1 atom stereocenters. The van der Waals surface area contributed by atoms with Gasteiger partial charge in [-0.3, -0.25) is 13.9 Å². The molecular weight excluding hydrogens is 541 g/mol. The molecule has 0 saturated heterocycles. The quantitative estimate of drug-likeness (QED) is 0.340. The molecule has 0 aliphatic rings. The average Bonchev–Trinajstić information content (AvgIpc) is 2.91. The van der Waals surface area contributed by atoms with Gasteiger partial charge in [0.25, 0.3) is 10.0 Å². The smallest absolute Gasteiger partial charge is 0.264 e. The van der Waals surface area contributed by atoms with Gasteiger partial charge < -0.3 is 10.2 Å². The second-order valence-corrected chi connectivity index (χ2v) is 11.6. The number of nitrogens with zero attached hydrogens (tertiary/aromatic N) is 2. The summed E-state index contributed by atoms with van der Waals surface area (Å²) < 4.78 is 42.3. The maximum absolute atomic E-state index is 13.9. The molecule has 3 aromatic carbocycles. The fourth-order valence-corrected chi connectivity index (χ4v) is 5.62. The lowest BCUT2D eigenvalue weighted by Gasteiger charge is -2.32. The summed E-state index contributed by atoms with van der Waals surface area (Å²) in [5, 5.41) is 3.13. The van der Waals surface area contributed by atoms with E-state index in [1.807, 2.05) is 13.8 Å². The predicted molar refractivity (Wildman–Crippen MR) is 152 cm³/mol. The standard InChI is InChI=1S/C29H33ClFN3O4S/c1-5-17-32-29(36)22(4)33(18-23-11-13-24(31)14-12-23)28(35)19-34(27-8-6-7-26(30)21(27)3)39(37,38)25-15-9-20(2)10-16-25/h6-16,22H,5,17-19H2,1-4H3,(H,32,36). The first-order chi connectivity index (χ1) is 18.4. The third-order valence-corrected chi connectivity index (χ3v) is 8.56. The van der Waals surface area contributed by atoms with Crippen molar-refractivity contribution in [3.8, 4) is 0 Å². The largest absolute Gasteiger partial charge is 0.354 e. The molecule has 1 N–H and O–H groups in total. The van der Waals surface area contributed by atoms with Crippen LogP contribution in [-0.4, -0.2) is 44.3 Å². The lowest BCUT2D eigenvalue weighted by Crippen LogP contribution is -2.51. The number of anilines is 1. The molecule has 1 unspecified atom stereocenters. The fraction of sp³-hybridized carbons (Fsp3) is 0.310. The van der Waals surface area contributed by atoms with E-state index in [1.165, 1.54) is 41.3 Å². The molecule has 0 radical (unpaired) electrons. The van der Waals surface area contributed by atoms with Gasteiger partial charge in [-0.2, -0.15) is 0 Å². The van der Waals surface area contributed by atoms with Crippen LogP contribution in [0.2, 0.25) is 5.02 Å². The fourth-order valence-electron chi connectivity index (χ4n) is 3.98. The lowest BCUT2D eigenvalue weighted by molar-refractivity contribution is -0.139. The van der Waals surface area contributed by atoms with Gasteiger partial charge in [0.1, 0.15) is 18.4 Å². The normalized spacial score (nSPS) is 12.1. The van der Waals surface area contributed by atoms with Crippen molar-refractivity contribution < 1.29 is 22.4 Å². The van der Waals surface area contributed by atoms with E-state index in [-0.39, 0.29) is 23.0 Å². The van der Waals surface area contributed by atoms with Crippen LogP contribution >= 0.6 is 11.6 Å². The molecule has 3 rings (SSSR count). The summed E-state index contributed by atoms with van der Waals surface area (Å²) in [5.41, 5.74) is 2.21. The second-order valence-electron chi connectivity index (χ2n) is 9.32. The van der Waals surface area contributed by atoms with Crippen molar-refractivity contribution in [1.29, 1.82) is 0 Å². The minimum absolute atomic E-state index is 0.0131. The Morgan fingerprint density at radius 1 is 1.00 bits per heavy atom. The summed E-state index contributed by atoms with van der Waals surface area (Å²) in [6.45, 7) is 6.84. The summed E-state index contributed by atoms with van der Waals surface area (Å²) in [4.78, 5) is 28.1. The Morgan fingerprint density at radius 2 is 1.64 bits per heavy atom. The minimum Gasteiger partial charge on any atom is -0.354 e. The Labute approximate surface area is 234 Å². The van der Waals surface area contributed by atoms with Gasteiger partial charge in [-0.1, -0.05) is 54.4 Å². The molecular formula is C29H33ClFN3O4S. The number of amides is 2. The Hall–Kier alpha value is -3.43. The number of benzene rings is 3. The molecule has 0 spiro atoms. The van der Waals surface area contributed by atoms with Crippen molar-refractivity contribution in [2.24, 2.45) is 0 Å². The molecule has 39 heavy (non-hydrogen) atoms. The van der Waals surface area contributed by atoms with Crippen LogP contribution in [0.3, 0.4) is 0 Å². The van der Waals surface area contributed by atoms with Gasteiger partial charge in [-0.25, -0.2) is 12.8 Å². The molecule has 0 bridgehead atoms. The highest BCUT2D eigenvalue weighted by Gasteiger charge is 2.33. The molecule has 0 heterocycles. The molecule has 3 aromatic rings. The van der Waals surface area contributed by atoms with Gasteiger partial charge in [-0.15, -0.1) is 0 Å². The van der Waals surface area contributed by atoms with Crippen LogP contribution in [0.25, 0.3) is 0 Å². The highest BCUT2D eigenvalue weighted by molar-refractivity contribution is 7.92. The Balaban J connectivity index is 2.05. The first-order valence-corrected chi connectivity index (χ1v) is 14.4. The summed E-state index contributed by atoms with van der Waals surface area (Å²) in [7, 11) is -4.20. The molecule has 2 amide bonds. The SMILES string of the molecule is CCCNC(=O)C(C)N(Cc1ccc(F)cc1)C(=O)CN(c1cccc(Cl)c1C)S(=O)(=O)c1ccc(C)cc1. The van der Waals surface area contributed by atoms with Crippen molar-refractivity contribution in [3.63, 3.8) is 0 Å².